The van der Waals surface area contributed by atoms with Crippen LogP contribution >= 0.6 is 0 Å². The van der Waals surface area contributed by atoms with Gasteiger partial charge in [-0.15, -0.1) is 0 Å². The van der Waals surface area contributed by atoms with Gasteiger partial charge in [-0.25, -0.2) is 4.79 Å². The number of imide groups is 1. The normalized spacial score (nSPS) is 23.4. The largest absolute Gasteiger partial charge is 0.492 e. The molecule has 2 aliphatic rings. The van der Waals surface area contributed by atoms with E-state index in [1.165, 1.54) is 4.90 Å². The van der Waals surface area contributed by atoms with E-state index in [1.807, 2.05) is 13.8 Å². The molecule has 1 aromatic rings. The number of hydrogen-bond donors (Lipinski definition) is 1. The third-order valence-corrected chi connectivity index (χ3v) is 4.72. The molecule has 0 aromatic heterocycles. The van der Waals surface area contributed by atoms with Gasteiger partial charge in [-0.1, -0.05) is 0 Å². The summed E-state index contributed by atoms with van der Waals surface area (Å²) < 4.78 is 5.69. The number of nitriles is 1. The third-order valence-electron chi connectivity index (χ3n) is 4.72. The third kappa shape index (κ3) is 3.30. The van der Waals surface area contributed by atoms with Crippen LogP contribution in [-0.2, 0) is 4.79 Å². The van der Waals surface area contributed by atoms with Gasteiger partial charge in [0.05, 0.1) is 11.6 Å². The molecule has 1 N–H and O–H groups in total. The summed E-state index contributed by atoms with van der Waals surface area (Å²) in [6.07, 6.45) is 0.623. The number of hydrogen-bond acceptors (Lipinski definition) is 5. The number of amides is 3. The van der Waals surface area contributed by atoms with Gasteiger partial charge in [-0.2, -0.15) is 5.26 Å². The van der Waals surface area contributed by atoms with Crippen LogP contribution in [0, 0.1) is 11.3 Å². The van der Waals surface area contributed by atoms with Crippen molar-refractivity contribution >= 4 is 11.9 Å². The molecular formula is C18H22N4O3. The minimum absolute atomic E-state index is 0.122. The maximum Gasteiger partial charge on any atom is 0.325 e. The van der Waals surface area contributed by atoms with Crippen molar-refractivity contribution in [3.8, 4) is 11.8 Å². The number of nitrogens with zero attached hydrogens (tertiary/aromatic N) is 3. The molecule has 0 aliphatic carbocycles. The van der Waals surface area contributed by atoms with Gasteiger partial charge in [0.2, 0.25) is 0 Å². The van der Waals surface area contributed by atoms with E-state index in [0.29, 0.717) is 37.4 Å². The highest BCUT2D eigenvalue weighted by Crippen LogP contribution is 2.29. The van der Waals surface area contributed by atoms with Gasteiger partial charge in [0.15, 0.2) is 0 Å². The minimum Gasteiger partial charge on any atom is -0.492 e. The Morgan fingerprint density at radius 2 is 2.04 bits per heavy atom. The molecule has 2 saturated heterocycles. The Labute approximate surface area is 147 Å². The fraction of sp³-hybridized carbons (Fsp3) is 0.500. The zero-order valence-electron chi connectivity index (χ0n) is 14.5. The Bertz CT molecular complexity index is 710. The second-order valence-corrected chi connectivity index (χ2v) is 6.79. The summed E-state index contributed by atoms with van der Waals surface area (Å²) in [6, 6.07) is 8.60. The van der Waals surface area contributed by atoms with Crippen LogP contribution < -0.4 is 10.1 Å². The molecule has 0 radical (unpaired) electrons. The molecular weight excluding hydrogens is 320 g/mol. The van der Waals surface area contributed by atoms with Crippen molar-refractivity contribution in [1.29, 1.82) is 5.26 Å². The molecule has 7 heteroatoms. The minimum atomic E-state index is -0.782. The van der Waals surface area contributed by atoms with Crippen molar-refractivity contribution < 1.29 is 14.3 Å². The van der Waals surface area contributed by atoms with Crippen LogP contribution in [0.5, 0.6) is 5.75 Å². The van der Waals surface area contributed by atoms with Crippen molar-refractivity contribution in [2.75, 3.05) is 26.2 Å². The van der Waals surface area contributed by atoms with E-state index in [2.05, 4.69) is 16.3 Å². The van der Waals surface area contributed by atoms with Crippen LogP contribution in [0.25, 0.3) is 0 Å². The van der Waals surface area contributed by atoms with E-state index in [0.717, 1.165) is 6.54 Å². The van der Waals surface area contributed by atoms with E-state index in [4.69, 9.17) is 10.00 Å². The number of likely N-dealkylation sites (tertiary alicyclic amines) is 1. The summed E-state index contributed by atoms with van der Waals surface area (Å²) in [6.45, 7) is 6.10. The first-order valence-corrected chi connectivity index (χ1v) is 8.46. The summed E-state index contributed by atoms with van der Waals surface area (Å²) in [5, 5.41) is 11.7. The molecule has 25 heavy (non-hydrogen) atoms. The molecule has 1 spiro atoms. The molecule has 3 amide bonds. The molecule has 0 bridgehead atoms. The van der Waals surface area contributed by atoms with Crippen molar-refractivity contribution in [1.82, 2.24) is 15.1 Å². The van der Waals surface area contributed by atoms with Gasteiger partial charge in [0, 0.05) is 25.7 Å². The molecule has 1 atom stereocenters. The van der Waals surface area contributed by atoms with Crippen LogP contribution in [0.1, 0.15) is 25.8 Å². The fourth-order valence-corrected chi connectivity index (χ4v) is 3.38. The number of carbonyl (C=O) groups is 2. The van der Waals surface area contributed by atoms with E-state index in [9.17, 15) is 9.59 Å². The first-order chi connectivity index (χ1) is 11.9. The number of rotatable bonds is 5. The average Bonchev–Trinajstić information content (AvgIpc) is 3.09. The van der Waals surface area contributed by atoms with Crippen molar-refractivity contribution in [2.24, 2.45) is 0 Å². The molecule has 2 fully saturated rings. The number of urea groups is 1. The standard InChI is InChI=1S/C18H22N4O3/c1-13(2)22-16(23)18(20-17(22)24)7-8-21(12-18)9-10-25-15-5-3-14(11-19)4-6-15/h3-6,13H,7-10,12H2,1-2H3,(H,20,24). The van der Waals surface area contributed by atoms with Crippen LogP contribution in [0.2, 0.25) is 0 Å². The molecule has 2 heterocycles. The number of nitrogens with one attached hydrogen (secondary N) is 1. The Balaban J connectivity index is 1.52. The van der Waals surface area contributed by atoms with E-state index in [1.54, 1.807) is 24.3 Å². The lowest BCUT2D eigenvalue weighted by atomic mass is 9.99. The molecule has 0 saturated carbocycles. The van der Waals surface area contributed by atoms with Crippen molar-refractivity contribution in [2.45, 2.75) is 31.8 Å². The SMILES string of the molecule is CC(C)N1C(=O)NC2(CCN(CCOc3ccc(C#N)cc3)C2)C1=O. The average molecular weight is 342 g/mol. The van der Waals surface area contributed by atoms with Gasteiger partial charge in [-0.3, -0.25) is 14.6 Å². The molecule has 3 rings (SSSR count). The summed E-state index contributed by atoms with van der Waals surface area (Å²) in [4.78, 5) is 28.2. The van der Waals surface area contributed by atoms with Gasteiger partial charge < -0.3 is 10.1 Å². The molecule has 132 valence electrons. The lowest BCUT2D eigenvalue weighted by Gasteiger charge is -2.23. The first-order valence-electron chi connectivity index (χ1n) is 8.46. The van der Waals surface area contributed by atoms with E-state index >= 15 is 0 Å². The summed E-state index contributed by atoms with van der Waals surface area (Å²) >= 11 is 0. The molecule has 1 unspecified atom stereocenters. The topological polar surface area (TPSA) is 85.7 Å². The van der Waals surface area contributed by atoms with Crippen LogP contribution in [-0.4, -0.2) is 59.6 Å². The van der Waals surface area contributed by atoms with E-state index < -0.39 is 5.54 Å². The summed E-state index contributed by atoms with van der Waals surface area (Å²) in [7, 11) is 0. The Hall–Kier alpha value is -2.59. The lowest BCUT2D eigenvalue weighted by molar-refractivity contribution is -0.132. The van der Waals surface area contributed by atoms with Crippen LogP contribution in [0.15, 0.2) is 24.3 Å². The Morgan fingerprint density at radius 3 is 2.64 bits per heavy atom. The predicted octanol–water partition coefficient (Wildman–Crippen LogP) is 1.34. The second-order valence-electron chi connectivity index (χ2n) is 6.79. The molecule has 1 aromatic carbocycles. The van der Waals surface area contributed by atoms with Gasteiger partial charge >= 0.3 is 6.03 Å². The molecule has 2 aliphatic heterocycles. The fourth-order valence-electron chi connectivity index (χ4n) is 3.38. The van der Waals surface area contributed by atoms with Gasteiger partial charge in [-0.05, 0) is 44.5 Å². The van der Waals surface area contributed by atoms with Gasteiger partial charge in [0.25, 0.3) is 5.91 Å². The summed E-state index contributed by atoms with van der Waals surface area (Å²) in [5.74, 6) is 0.590. The van der Waals surface area contributed by atoms with E-state index in [-0.39, 0.29) is 18.0 Å². The number of ether oxygens (including phenoxy) is 1. The first kappa shape index (κ1) is 17.2. The van der Waals surface area contributed by atoms with Crippen LogP contribution in [0.3, 0.4) is 0 Å². The zero-order chi connectivity index (χ0) is 18.0. The monoisotopic (exact) mass is 342 g/mol. The Kier molecular flexibility index (Phi) is 4.64. The number of benzene rings is 1. The maximum absolute atomic E-state index is 12.6. The van der Waals surface area contributed by atoms with Crippen LogP contribution in [0.4, 0.5) is 4.79 Å². The van der Waals surface area contributed by atoms with Crippen molar-refractivity contribution in [3.05, 3.63) is 29.8 Å². The highest BCUT2D eigenvalue weighted by molar-refractivity contribution is 6.07. The summed E-state index contributed by atoms with van der Waals surface area (Å²) in [5.41, 5.74) is -0.186. The highest BCUT2D eigenvalue weighted by atomic mass is 16.5. The second kappa shape index (κ2) is 6.73. The quantitative estimate of drug-likeness (QED) is 0.816. The molecule has 7 nitrogen and oxygen atoms in total. The highest BCUT2D eigenvalue weighted by Gasteiger charge is 2.55. The Morgan fingerprint density at radius 1 is 1.32 bits per heavy atom. The maximum atomic E-state index is 12.6. The van der Waals surface area contributed by atoms with Crippen molar-refractivity contribution in [3.63, 3.8) is 0 Å². The smallest absolute Gasteiger partial charge is 0.325 e. The lowest BCUT2D eigenvalue weighted by Crippen LogP contribution is -2.49. The predicted molar refractivity (Wildman–Crippen MR) is 91.0 cm³/mol. The zero-order valence-corrected chi connectivity index (χ0v) is 14.5. The number of carbonyl (C=O) groups excluding carboxylic acids is 2. The van der Waals surface area contributed by atoms with Gasteiger partial charge in [0.1, 0.15) is 17.9 Å².